The van der Waals surface area contributed by atoms with Crippen LogP contribution in [0.3, 0.4) is 0 Å². The number of benzene rings is 1. The molecule has 0 heterocycles. The number of aliphatic hydroxyl groups is 1. The quantitative estimate of drug-likeness (QED) is 0.847. The van der Waals surface area contributed by atoms with Crippen LogP contribution in [0.4, 0.5) is 0 Å². The SMILES string of the molecule is CC[C@H]1C[C@H](CO)[C@H](NC(C)=O)[C@@H](OCc2ccccc2)[C@@H]1C. The van der Waals surface area contributed by atoms with Crippen LogP contribution in [-0.2, 0) is 16.1 Å². The Balaban J connectivity index is 2.15. The lowest BCUT2D eigenvalue weighted by Gasteiger charge is -2.45. The molecule has 0 unspecified atom stereocenters. The summed E-state index contributed by atoms with van der Waals surface area (Å²) in [7, 11) is 0. The third-order valence-electron chi connectivity index (χ3n) is 5.14. The van der Waals surface area contributed by atoms with E-state index in [1.807, 2.05) is 30.3 Å². The molecule has 0 spiro atoms. The van der Waals surface area contributed by atoms with Crippen LogP contribution in [-0.4, -0.2) is 29.8 Å². The van der Waals surface area contributed by atoms with Crippen LogP contribution in [0.2, 0.25) is 0 Å². The van der Waals surface area contributed by atoms with Crippen molar-refractivity contribution in [2.45, 2.75) is 52.4 Å². The maximum absolute atomic E-state index is 11.6. The minimum Gasteiger partial charge on any atom is -0.396 e. The van der Waals surface area contributed by atoms with Crippen molar-refractivity contribution in [3.05, 3.63) is 35.9 Å². The number of rotatable bonds is 6. The Bertz CT molecular complexity index is 491. The molecule has 1 aliphatic rings. The van der Waals surface area contributed by atoms with Crippen molar-refractivity contribution in [1.82, 2.24) is 5.32 Å². The first-order valence-electron chi connectivity index (χ1n) is 8.60. The van der Waals surface area contributed by atoms with Crippen LogP contribution < -0.4 is 5.32 Å². The highest BCUT2D eigenvalue weighted by Gasteiger charge is 2.42. The van der Waals surface area contributed by atoms with Crippen LogP contribution in [0.5, 0.6) is 0 Å². The molecule has 4 nitrogen and oxygen atoms in total. The molecule has 1 saturated carbocycles. The molecule has 0 aliphatic heterocycles. The third-order valence-corrected chi connectivity index (χ3v) is 5.14. The molecule has 0 saturated heterocycles. The number of hydrogen-bond acceptors (Lipinski definition) is 3. The summed E-state index contributed by atoms with van der Waals surface area (Å²) in [5.74, 6) is 0.853. The Morgan fingerprint density at radius 2 is 2.00 bits per heavy atom. The van der Waals surface area contributed by atoms with Crippen LogP contribution in [0.25, 0.3) is 0 Å². The molecular weight excluding hydrogens is 290 g/mol. The molecule has 1 fully saturated rings. The van der Waals surface area contributed by atoms with Gasteiger partial charge < -0.3 is 15.2 Å². The number of amides is 1. The van der Waals surface area contributed by atoms with Gasteiger partial charge in [0.2, 0.25) is 5.91 Å². The van der Waals surface area contributed by atoms with E-state index in [9.17, 15) is 9.90 Å². The standard InChI is InChI=1S/C19H29NO3/c1-4-16-10-17(11-21)18(20-14(3)22)19(13(16)2)23-12-15-8-6-5-7-9-15/h5-9,13,16-19,21H,4,10-12H2,1-3H3,(H,20,22)/t13-,16+,17-,18+,19+/m1/s1. The van der Waals surface area contributed by atoms with Gasteiger partial charge in [0.05, 0.1) is 18.8 Å². The van der Waals surface area contributed by atoms with Gasteiger partial charge in [-0.15, -0.1) is 0 Å². The van der Waals surface area contributed by atoms with Crippen molar-refractivity contribution in [2.24, 2.45) is 17.8 Å². The van der Waals surface area contributed by atoms with Crippen molar-refractivity contribution in [3.63, 3.8) is 0 Å². The topological polar surface area (TPSA) is 58.6 Å². The summed E-state index contributed by atoms with van der Waals surface area (Å²) < 4.78 is 6.23. The number of nitrogens with one attached hydrogen (secondary N) is 1. The van der Waals surface area contributed by atoms with Gasteiger partial charge in [-0.05, 0) is 23.8 Å². The largest absolute Gasteiger partial charge is 0.396 e. The summed E-state index contributed by atoms with van der Waals surface area (Å²) in [5.41, 5.74) is 1.13. The summed E-state index contributed by atoms with van der Waals surface area (Å²) in [6.45, 7) is 6.52. The Hall–Kier alpha value is -1.39. The van der Waals surface area contributed by atoms with E-state index >= 15 is 0 Å². The van der Waals surface area contributed by atoms with Gasteiger partial charge in [0.15, 0.2) is 0 Å². The molecule has 23 heavy (non-hydrogen) atoms. The zero-order chi connectivity index (χ0) is 16.8. The second-order valence-corrected chi connectivity index (χ2v) is 6.69. The summed E-state index contributed by atoms with van der Waals surface area (Å²) >= 11 is 0. The van der Waals surface area contributed by atoms with Crippen molar-refractivity contribution < 1.29 is 14.6 Å². The highest BCUT2D eigenvalue weighted by molar-refractivity contribution is 5.73. The second-order valence-electron chi connectivity index (χ2n) is 6.69. The van der Waals surface area contributed by atoms with Gasteiger partial charge >= 0.3 is 0 Å². The molecule has 1 amide bonds. The number of carbonyl (C=O) groups is 1. The lowest BCUT2D eigenvalue weighted by Crippen LogP contribution is -2.57. The van der Waals surface area contributed by atoms with Crippen LogP contribution >= 0.6 is 0 Å². The molecule has 0 radical (unpaired) electrons. The Labute approximate surface area is 139 Å². The molecule has 0 aromatic heterocycles. The predicted octanol–water partition coefficient (Wildman–Crippen LogP) is 2.75. The predicted molar refractivity (Wildman–Crippen MR) is 90.8 cm³/mol. The number of ether oxygens (including phenoxy) is 1. The summed E-state index contributed by atoms with van der Waals surface area (Å²) in [6.07, 6.45) is 1.93. The molecule has 2 rings (SSSR count). The Morgan fingerprint density at radius 3 is 2.57 bits per heavy atom. The molecule has 1 aromatic carbocycles. The lowest BCUT2D eigenvalue weighted by molar-refractivity contribution is -0.127. The molecule has 128 valence electrons. The van der Waals surface area contributed by atoms with E-state index in [1.54, 1.807) is 0 Å². The van der Waals surface area contributed by atoms with Gasteiger partial charge in [0, 0.05) is 19.4 Å². The molecule has 0 bridgehead atoms. The zero-order valence-corrected chi connectivity index (χ0v) is 14.4. The van der Waals surface area contributed by atoms with E-state index in [0.717, 1.165) is 18.4 Å². The molecule has 1 aromatic rings. The smallest absolute Gasteiger partial charge is 0.217 e. The minimum absolute atomic E-state index is 0.0563. The van der Waals surface area contributed by atoms with Gasteiger partial charge in [0.25, 0.3) is 0 Å². The molecule has 5 atom stereocenters. The maximum Gasteiger partial charge on any atom is 0.217 e. The van der Waals surface area contributed by atoms with Crippen molar-refractivity contribution in [1.29, 1.82) is 0 Å². The minimum atomic E-state index is -0.126. The lowest BCUT2D eigenvalue weighted by atomic mass is 9.69. The van der Waals surface area contributed by atoms with E-state index in [-0.39, 0.29) is 30.6 Å². The molecule has 2 N–H and O–H groups in total. The van der Waals surface area contributed by atoms with E-state index in [4.69, 9.17) is 4.74 Å². The number of hydrogen-bond donors (Lipinski definition) is 2. The molecular formula is C19H29NO3. The fraction of sp³-hybridized carbons (Fsp3) is 0.632. The Morgan fingerprint density at radius 1 is 1.30 bits per heavy atom. The molecule has 4 heteroatoms. The average Bonchev–Trinajstić information content (AvgIpc) is 2.55. The number of aliphatic hydroxyl groups excluding tert-OH is 1. The first-order valence-corrected chi connectivity index (χ1v) is 8.60. The fourth-order valence-electron chi connectivity index (χ4n) is 3.80. The second kappa shape index (κ2) is 8.46. The summed E-state index contributed by atoms with van der Waals surface area (Å²) in [4.78, 5) is 11.6. The summed E-state index contributed by atoms with van der Waals surface area (Å²) in [6, 6.07) is 9.95. The number of carbonyl (C=O) groups excluding carboxylic acids is 1. The van der Waals surface area contributed by atoms with Crippen molar-refractivity contribution in [2.75, 3.05) is 6.61 Å². The van der Waals surface area contributed by atoms with Crippen LogP contribution in [0.1, 0.15) is 39.2 Å². The van der Waals surface area contributed by atoms with E-state index in [0.29, 0.717) is 18.4 Å². The maximum atomic E-state index is 11.6. The van der Waals surface area contributed by atoms with Crippen molar-refractivity contribution in [3.8, 4) is 0 Å². The first kappa shape index (κ1) is 18.0. The molecule has 1 aliphatic carbocycles. The zero-order valence-electron chi connectivity index (χ0n) is 14.4. The monoisotopic (exact) mass is 319 g/mol. The fourth-order valence-corrected chi connectivity index (χ4v) is 3.80. The van der Waals surface area contributed by atoms with Gasteiger partial charge in [-0.25, -0.2) is 0 Å². The highest BCUT2D eigenvalue weighted by Crippen LogP contribution is 2.38. The third kappa shape index (κ3) is 4.55. The first-order chi connectivity index (χ1) is 11.1. The Kier molecular flexibility index (Phi) is 6.60. The van der Waals surface area contributed by atoms with Crippen LogP contribution in [0.15, 0.2) is 30.3 Å². The van der Waals surface area contributed by atoms with Gasteiger partial charge in [-0.3, -0.25) is 4.79 Å². The highest BCUT2D eigenvalue weighted by atomic mass is 16.5. The van der Waals surface area contributed by atoms with E-state index in [2.05, 4.69) is 19.2 Å². The van der Waals surface area contributed by atoms with Crippen molar-refractivity contribution >= 4 is 5.91 Å². The van der Waals surface area contributed by atoms with Gasteiger partial charge in [0.1, 0.15) is 0 Å². The normalized spacial score (nSPS) is 30.9. The van der Waals surface area contributed by atoms with E-state index in [1.165, 1.54) is 6.92 Å². The van der Waals surface area contributed by atoms with Crippen LogP contribution in [0, 0.1) is 17.8 Å². The summed E-state index contributed by atoms with van der Waals surface area (Å²) in [5, 5.41) is 12.8. The van der Waals surface area contributed by atoms with E-state index < -0.39 is 0 Å². The van der Waals surface area contributed by atoms with Gasteiger partial charge in [-0.1, -0.05) is 50.6 Å². The average molecular weight is 319 g/mol. The van der Waals surface area contributed by atoms with Gasteiger partial charge in [-0.2, -0.15) is 0 Å².